The highest BCUT2D eigenvalue weighted by molar-refractivity contribution is 7.07. The fraction of sp³-hybridized carbons (Fsp3) is 0.500. The molecule has 0 unspecified atom stereocenters. The Morgan fingerprint density at radius 1 is 1.53 bits per heavy atom. The molecule has 17 heavy (non-hydrogen) atoms. The van der Waals surface area contributed by atoms with Crippen LogP contribution >= 0.6 is 11.3 Å². The van der Waals surface area contributed by atoms with Gasteiger partial charge >= 0.3 is 10.8 Å². The van der Waals surface area contributed by atoms with E-state index in [1.165, 1.54) is 18.4 Å². The van der Waals surface area contributed by atoms with E-state index in [-0.39, 0.29) is 11.4 Å². The minimum absolute atomic E-state index is 0.162. The molecule has 94 valence electrons. The summed E-state index contributed by atoms with van der Waals surface area (Å²) in [5.41, 5.74) is -0.659. The summed E-state index contributed by atoms with van der Waals surface area (Å²) >= 11 is 1.01. The molecule has 0 saturated carbocycles. The SMILES string of the molecule is Cc1csc(=O)n1CC(=O)NC(C)(C)C(=O)O. The summed E-state index contributed by atoms with van der Waals surface area (Å²) in [6.07, 6.45) is 0. The predicted molar refractivity (Wildman–Crippen MR) is 63.2 cm³/mol. The van der Waals surface area contributed by atoms with Gasteiger partial charge in [0.1, 0.15) is 12.1 Å². The second kappa shape index (κ2) is 4.70. The van der Waals surface area contributed by atoms with E-state index in [2.05, 4.69) is 5.32 Å². The molecule has 1 aromatic heterocycles. The van der Waals surface area contributed by atoms with Gasteiger partial charge in [-0.2, -0.15) is 0 Å². The Hall–Kier alpha value is -1.63. The maximum absolute atomic E-state index is 11.6. The lowest BCUT2D eigenvalue weighted by atomic mass is 10.1. The van der Waals surface area contributed by atoms with Crippen molar-refractivity contribution in [1.29, 1.82) is 0 Å². The molecule has 0 aromatic carbocycles. The van der Waals surface area contributed by atoms with Gasteiger partial charge in [-0.1, -0.05) is 11.3 Å². The molecule has 1 aromatic rings. The fourth-order valence-corrected chi connectivity index (χ4v) is 1.92. The van der Waals surface area contributed by atoms with E-state index < -0.39 is 17.4 Å². The second-order valence-corrected chi connectivity index (χ2v) is 5.03. The van der Waals surface area contributed by atoms with E-state index in [4.69, 9.17) is 5.11 Å². The predicted octanol–water partition coefficient (Wildman–Crippen LogP) is 0.198. The number of thiazole rings is 1. The van der Waals surface area contributed by atoms with E-state index in [9.17, 15) is 14.4 Å². The average Bonchev–Trinajstić information content (AvgIpc) is 2.48. The van der Waals surface area contributed by atoms with Crippen molar-refractivity contribution < 1.29 is 14.7 Å². The van der Waals surface area contributed by atoms with Gasteiger partial charge < -0.3 is 10.4 Å². The first-order valence-electron chi connectivity index (χ1n) is 4.93. The minimum atomic E-state index is -1.34. The Balaban J connectivity index is 2.75. The normalized spacial score (nSPS) is 11.2. The van der Waals surface area contributed by atoms with Crippen molar-refractivity contribution in [3.63, 3.8) is 0 Å². The molecular formula is C10H14N2O4S. The van der Waals surface area contributed by atoms with Crippen LogP contribution in [-0.2, 0) is 16.1 Å². The number of carbonyl (C=O) groups is 2. The van der Waals surface area contributed by atoms with Gasteiger partial charge in [0, 0.05) is 11.1 Å². The number of carboxylic acids is 1. The van der Waals surface area contributed by atoms with E-state index in [0.717, 1.165) is 11.3 Å². The molecule has 0 atom stereocenters. The number of hydrogen-bond donors (Lipinski definition) is 2. The maximum Gasteiger partial charge on any atom is 0.328 e. The summed E-state index contributed by atoms with van der Waals surface area (Å²) < 4.78 is 1.30. The molecule has 0 saturated heterocycles. The van der Waals surface area contributed by atoms with Crippen LogP contribution in [0.5, 0.6) is 0 Å². The standard InChI is InChI=1S/C10H14N2O4S/c1-6-5-17-9(16)12(6)4-7(13)11-10(2,3)8(14)15/h5H,4H2,1-3H3,(H,11,13)(H,14,15). The van der Waals surface area contributed by atoms with Crippen molar-refractivity contribution in [1.82, 2.24) is 9.88 Å². The highest BCUT2D eigenvalue weighted by Crippen LogP contribution is 2.03. The largest absolute Gasteiger partial charge is 0.480 e. The van der Waals surface area contributed by atoms with Crippen LogP contribution in [-0.4, -0.2) is 27.1 Å². The molecule has 0 bridgehead atoms. The Bertz CT molecular complexity index is 501. The van der Waals surface area contributed by atoms with E-state index in [0.29, 0.717) is 5.69 Å². The molecular weight excluding hydrogens is 244 g/mol. The van der Waals surface area contributed by atoms with Gasteiger partial charge in [0.25, 0.3) is 0 Å². The van der Waals surface area contributed by atoms with Crippen LogP contribution in [0, 0.1) is 6.92 Å². The third-order valence-corrected chi connectivity index (χ3v) is 3.15. The van der Waals surface area contributed by atoms with Gasteiger partial charge in [0.2, 0.25) is 5.91 Å². The molecule has 1 rings (SSSR count). The van der Waals surface area contributed by atoms with Crippen LogP contribution in [0.4, 0.5) is 0 Å². The molecule has 1 amide bonds. The van der Waals surface area contributed by atoms with Gasteiger partial charge in [0.15, 0.2) is 0 Å². The molecule has 7 heteroatoms. The number of aromatic nitrogens is 1. The quantitative estimate of drug-likeness (QED) is 0.807. The van der Waals surface area contributed by atoms with Crippen molar-refractivity contribution in [2.45, 2.75) is 32.9 Å². The number of carboxylic acid groups (broad SMARTS) is 1. The Labute approximate surface area is 102 Å². The number of hydrogen-bond acceptors (Lipinski definition) is 4. The number of aryl methyl sites for hydroxylation is 1. The third kappa shape index (κ3) is 3.16. The zero-order chi connectivity index (χ0) is 13.2. The number of carbonyl (C=O) groups excluding carboxylic acids is 1. The zero-order valence-corrected chi connectivity index (χ0v) is 10.6. The Morgan fingerprint density at radius 3 is 2.53 bits per heavy atom. The summed E-state index contributed by atoms with van der Waals surface area (Å²) in [5.74, 6) is -1.62. The first-order valence-corrected chi connectivity index (χ1v) is 5.81. The van der Waals surface area contributed by atoms with Crippen LogP contribution in [0.3, 0.4) is 0 Å². The Morgan fingerprint density at radius 2 is 2.12 bits per heavy atom. The van der Waals surface area contributed by atoms with Crippen molar-refractivity contribution in [2.24, 2.45) is 0 Å². The van der Waals surface area contributed by atoms with Crippen LogP contribution < -0.4 is 10.2 Å². The van der Waals surface area contributed by atoms with E-state index in [1.54, 1.807) is 12.3 Å². The van der Waals surface area contributed by atoms with Crippen molar-refractivity contribution >= 4 is 23.2 Å². The molecule has 2 N–H and O–H groups in total. The minimum Gasteiger partial charge on any atom is -0.480 e. The molecule has 0 spiro atoms. The highest BCUT2D eigenvalue weighted by Gasteiger charge is 2.29. The summed E-state index contributed by atoms with van der Waals surface area (Å²) in [5, 5.41) is 12.8. The summed E-state index contributed by atoms with van der Waals surface area (Å²) in [6.45, 7) is 4.32. The summed E-state index contributed by atoms with van der Waals surface area (Å²) in [6, 6.07) is 0. The van der Waals surface area contributed by atoms with Crippen molar-refractivity contribution in [3.8, 4) is 0 Å². The first kappa shape index (κ1) is 13.4. The molecule has 0 aliphatic rings. The van der Waals surface area contributed by atoms with Crippen molar-refractivity contribution in [3.05, 3.63) is 20.7 Å². The number of aliphatic carboxylic acids is 1. The fourth-order valence-electron chi connectivity index (χ4n) is 1.18. The topological polar surface area (TPSA) is 88.4 Å². The smallest absolute Gasteiger partial charge is 0.328 e. The van der Waals surface area contributed by atoms with Gasteiger partial charge in [-0.3, -0.25) is 14.2 Å². The highest BCUT2D eigenvalue weighted by atomic mass is 32.1. The molecule has 1 heterocycles. The van der Waals surface area contributed by atoms with E-state index >= 15 is 0 Å². The lowest BCUT2D eigenvalue weighted by Gasteiger charge is -2.21. The first-order chi connectivity index (χ1) is 7.74. The third-order valence-electron chi connectivity index (χ3n) is 2.26. The van der Waals surface area contributed by atoms with Crippen LogP contribution in [0.25, 0.3) is 0 Å². The van der Waals surface area contributed by atoms with Crippen LogP contribution in [0.15, 0.2) is 10.2 Å². The number of nitrogens with zero attached hydrogens (tertiary/aromatic N) is 1. The number of amides is 1. The molecule has 0 aliphatic heterocycles. The Kier molecular flexibility index (Phi) is 3.72. The van der Waals surface area contributed by atoms with Crippen LogP contribution in [0.2, 0.25) is 0 Å². The summed E-state index contributed by atoms with van der Waals surface area (Å²) in [7, 11) is 0. The zero-order valence-electron chi connectivity index (χ0n) is 9.81. The molecule has 6 nitrogen and oxygen atoms in total. The lowest BCUT2D eigenvalue weighted by molar-refractivity contribution is -0.146. The maximum atomic E-state index is 11.6. The lowest BCUT2D eigenvalue weighted by Crippen LogP contribution is -2.51. The van der Waals surface area contributed by atoms with Crippen molar-refractivity contribution in [2.75, 3.05) is 0 Å². The molecule has 0 radical (unpaired) electrons. The van der Waals surface area contributed by atoms with E-state index in [1.807, 2.05) is 0 Å². The molecule has 0 aliphatic carbocycles. The van der Waals surface area contributed by atoms with Gasteiger partial charge in [-0.15, -0.1) is 0 Å². The second-order valence-electron chi connectivity index (χ2n) is 4.21. The van der Waals surface area contributed by atoms with Gasteiger partial charge in [0.05, 0.1) is 0 Å². The molecule has 0 fully saturated rings. The average molecular weight is 258 g/mol. The summed E-state index contributed by atoms with van der Waals surface area (Å²) in [4.78, 5) is 33.5. The van der Waals surface area contributed by atoms with Crippen LogP contribution in [0.1, 0.15) is 19.5 Å². The van der Waals surface area contributed by atoms with Gasteiger partial charge in [-0.05, 0) is 20.8 Å². The van der Waals surface area contributed by atoms with Gasteiger partial charge in [-0.25, -0.2) is 4.79 Å². The number of nitrogens with one attached hydrogen (secondary N) is 1. The monoisotopic (exact) mass is 258 g/mol. The number of rotatable bonds is 4.